The molecule has 2 rings (SSSR count). The fourth-order valence-electron chi connectivity index (χ4n) is 1.80. The van der Waals surface area contributed by atoms with E-state index >= 15 is 0 Å². The van der Waals surface area contributed by atoms with Gasteiger partial charge in [0.1, 0.15) is 0 Å². The summed E-state index contributed by atoms with van der Waals surface area (Å²) in [7, 11) is 0. The number of carbonyl (C=O) groups excluding carboxylic acids is 1. The van der Waals surface area contributed by atoms with E-state index in [4.69, 9.17) is 16.0 Å². The fourth-order valence-corrected chi connectivity index (χ4v) is 2.00. The number of hydrogen-bond donors (Lipinski definition) is 2. The summed E-state index contributed by atoms with van der Waals surface area (Å²) >= 11 is 5.99. The van der Waals surface area contributed by atoms with Crippen molar-refractivity contribution in [2.75, 3.05) is 6.54 Å². The number of amides is 1. The normalized spacial score (nSPS) is 12.5. The molecular weight excluding hydrogens is 290 g/mol. The van der Waals surface area contributed by atoms with Crippen molar-refractivity contribution >= 4 is 23.6 Å². The summed E-state index contributed by atoms with van der Waals surface area (Å²) in [4.78, 5) is 11.7. The molecule has 1 amide bonds. The molecule has 0 aliphatic rings. The molecule has 0 aliphatic heterocycles. The number of rotatable bonds is 6. The number of benzene rings is 1. The molecule has 0 bridgehead atoms. The average Bonchev–Trinajstić information content (AvgIpc) is 3.00. The van der Waals surface area contributed by atoms with E-state index in [0.717, 1.165) is 5.56 Å². The molecule has 0 aliphatic carbocycles. The van der Waals surface area contributed by atoms with E-state index in [1.54, 1.807) is 18.2 Å². The van der Waals surface area contributed by atoms with Crippen LogP contribution in [0.1, 0.15) is 23.7 Å². The molecule has 1 heterocycles. The summed E-state index contributed by atoms with van der Waals surface area (Å²) in [5.74, 6) is -0.227. The first-order valence-corrected chi connectivity index (χ1v) is 6.95. The van der Waals surface area contributed by atoms with Crippen molar-refractivity contribution in [3.05, 3.63) is 65.1 Å². The number of halogens is 1. The molecule has 0 fully saturated rings. The minimum atomic E-state index is -0.642. The van der Waals surface area contributed by atoms with E-state index in [1.165, 1.54) is 18.6 Å². The summed E-state index contributed by atoms with van der Waals surface area (Å²) in [6.45, 7) is 0.373. The van der Waals surface area contributed by atoms with E-state index in [0.29, 0.717) is 23.6 Å². The second-order valence-corrected chi connectivity index (χ2v) is 4.91. The summed E-state index contributed by atoms with van der Waals surface area (Å²) in [6.07, 6.45) is 5.85. The van der Waals surface area contributed by atoms with Crippen LogP contribution in [-0.2, 0) is 4.79 Å². The highest BCUT2D eigenvalue weighted by Gasteiger charge is 2.08. The van der Waals surface area contributed by atoms with Crippen LogP contribution in [0.4, 0.5) is 0 Å². The van der Waals surface area contributed by atoms with Crippen molar-refractivity contribution in [1.29, 1.82) is 0 Å². The van der Waals surface area contributed by atoms with Gasteiger partial charge in [0.2, 0.25) is 5.91 Å². The van der Waals surface area contributed by atoms with Gasteiger partial charge in [-0.05, 0) is 30.2 Å². The van der Waals surface area contributed by atoms with Gasteiger partial charge in [-0.1, -0.05) is 29.8 Å². The molecule has 2 N–H and O–H groups in total. The largest absolute Gasteiger partial charge is 0.472 e. The van der Waals surface area contributed by atoms with Crippen molar-refractivity contribution in [3.8, 4) is 0 Å². The zero-order valence-electron chi connectivity index (χ0n) is 11.3. The zero-order chi connectivity index (χ0) is 15.1. The minimum Gasteiger partial charge on any atom is -0.472 e. The van der Waals surface area contributed by atoms with Crippen molar-refractivity contribution in [2.24, 2.45) is 0 Å². The standard InChI is InChI=1S/C16H16ClNO3/c17-14-4-2-1-3-12(14)5-6-16(20)18-9-7-15(19)13-8-10-21-11-13/h1-6,8,10-11,15,19H,7,9H2,(H,18,20). The maximum absolute atomic E-state index is 11.7. The zero-order valence-corrected chi connectivity index (χ0v) is 12.1. The number of nitrogens with one attached hydrogen (secondary N) is 1. The highest BCUT2D eigenvalue weighted by molar-refractivity contribution is 6.32. The molecular formula is C16H16ClNO3. The van der Waals surface area contributed by atoms with Gasteiger partial charge in [-0.25, -0.2) is 0 Å². The first kappa shape index (κ1) is 15.4. The van der Waals surface area contributed by atoms with E-state index in [-0.39, 0.29) is 5.91 Å². The summed E-state index contributed by atoms with van der Waals surface area (Å²) in [5.41, 5.74) is 1.49. The van der Waals surface area contributed by atoms with Gasteiger partial charge in [0.25, 0.3) is 0 Å². The second kappa shape index (κ2) is 7.67. The van der Waals surface area contributed by atoms with Gasteiger partial charge in [0, 0.05) is 23.2 Å². The van der Waals surface area contributed by atoms with Crippen LogP contribution >= 0.6 is 11.6 Å². The van der Waals surface area contributed by atoms with E-state index in [1.807, 2.05) is 18.2 Å². The Morgan fingerprint density at radius 2 is 2.19 bits per heavy atom. The number of aliphatic hydroxyl groups is 1. The number of aliphatic hydroxyl groups excluding tert-OH is 1. The molecule has 4 nitrogen and oxygen atoms in total. The Morgan fingerprint density at radius 1 is 1.38 bits per heavy atom. The van der Waals surface area contributed by atoms with Gasteiger partial charge in [0.15, 0.2) is 0 Å². The lowest BCUT2D eigenvalue weighted by molar-refractivity contribution is -0.116. The van der Waals surface area contributed by atoms with Crippen molar-refractivity contribution in [2.45, 2.75) is 12.5 Å². The SMILES string of the molecule is O=C(C=Cc1ccccc1Cl)NCCC(O)c1ccoc1. The van der Waals surface area contributed by atoms with Gasteiger partial charge in [-0.2, -0.15) is 0 Å². The molecule has 1 unspecified atom stereocenters. The van der Waals surface area contributed by atoms with Crippen LogP contribution in [0.2, 0.25) is 5.02 Å². The Bertz CT molecular complexity index is 608. The number of hydrogen-bond acceptors (Lipinski definition) is 3. The smallest absolute Gasteiger partial charge is 0.244 e. The lowest BCUT2D eigenvalue weighted by Gasteiger charge is -2.08. The first-order valence-electron chi connectivity index (χ1n) is 6.57. The van der Waals surface area contributed by atoms with Crippen LogP contribution < -0.4 is 5.32 Å². The quantitative estimate of drug-likeness (QED) is 0.806. The van der Waals surface area contributed by atoms with Crippen LogP contribution in [0.5, 0.6) is 0 Å². The highest BCUT2D eigenvalue weighted by Crippen LogP contribution is 2.17. The Balaban J connectivity index is 1.76. The second-order valence-electron chi connectivity index (χ2n) is 4.51. The van der Waals surface area contributed by atoms with Crippen LogP contribution in [0.25, 0.3) is 6.08 Å². The molecule has 1 aromatic carbocycles. The molecule has 1 aromatic heterocycles. The van der Waals surface area contributed by atoms with Gasteiger partial charge >= 0.3 is 0 Å². The third kappa shape index (κ3) is 4.77. The van der Waals surface area contributed by atoms with Crippen LogP contribution in [0.15, 0.2) is 53.4 Å². The van der Waals surface area contributed by atoms with Crippen LogP contribution in [0.3, 0.4) is 0 Å². The number of carbonyl (C=O) groups is 1. The molecule has 1 atom stereocenters. The maximum atomic E-state index is 11.7. The third-order valence-electron chi connectivity index (χ3n) is 2.96. The fraction of sp³-hybridized carbons (Fsp3) is 0.188. The third-order valence-corrected chi connectivity index (χ3v) is 3.31. The van der Waals surface area contributed by atoms with Crippen molar-refractivity contribution < 1.29 is 14.3 Å². The molecule has 21 heavy (non-hydrogen) atoms. The molecule has 0 saturated carbocycles. The Kier molecular flexibility index (Phi) is 5.60. The molecule has 110 valence electrons. The monoisotopic (exact) mass is 305 g/mol. The summed E-state index contributed by atoms with van der Waals surface area (Å²) in [5, 5.41) is 13.1. The van der Waals surface area contributed by atoms with E-state index < -0.39 is 6.10 Å². The Morgan fingerprint density at radius 3 is 2.90 bits per heavy atom. The van der Waals surface area contributed by atoms with E-state index in [2.05, 4.69) is 5.32 Å². The predicted octanol–water partition coefficient (Wildman–Crippen LogP) is 3.19. The average molecular weight is 306 g/mol. The van der Waals surface area contributed by atoms with Gasteiger partial charge in [-0.3, -0.25) is 4.79 Å². The van der Waals surface area contributed by atoms with Crippen molar-refractivity contribution in [1.82, 2.24) is 5.32 Å². The summed E-state index contributed by atoms with van der Waals surface area (Å²) in [6, 6.07) is 8.97. The maximum Gasteiger partial charge on any atom is 0.244 e. The highest BCUT2D eigenvalue weighted by atomic mass is 35.5. The molecule has 5 heteroatoms. The molecule has 0 radical (unpaired) electrons. The van der Waals surface area contributed by atoms with Gasteiger partial charge in [0.05, 0.1) is 18.6 Å². The topological polar surface area (TPSA) is 62.5 Å². The minimum absolute atomic E-state index is 0.227. The number of furan rings is 1. The van der Waals surface area contributed by atoms with Crippen LogP contribution in [-0.4, -0.2) is 17.6 Å². The lowest BCUT2D eigenvalue weighted by atomic mass is 10.1. The predicted molar refractivity (Wildman–Crippen MR) is 81.8 cm³/mol. The van der Waals surface area contributed by atoms with E-state index in [9.17, 15) is 9.90 Å². The van der Waals surface area contributed by atoms with Crippen molar-refractivity contribution in [3.63, 3.8) is 0 Å². The Labute approximate surface area is 128 Å². The van der Waals surface area contributed by atoms with Crippen LogP contribution in [0, 0.1) is 0 Å². The summed E-state index contributed by atoms with van der Waals surface area (Å²) < 4.78 is 4.89. The van der Waals surface area contributed by atoms with Gasteiger partial charge < -0.3 is 14.8 Å². The lowest BCUT2D eigenvalue weighted by Crippen LogP contribution is -2.23. The van der Waals surface area contributed by atoms with Gasteiger partial charge in [-0.15, -0.1) is 0 Å². The molecule has 0 spiro atoms. The Hall–Kier alpha value is -2.04. The first-order chi connectivity index (χ1) is 10.2. The molecule has 2 aromatic rings. The molecule has 0 saturated heterocycles.